The maximum atomic E-state index is 13.6. The first-order valence-corrected chi connectivity index (χ1v) is 11.4. The number of nitrogens with one attached hydrogen (secondary N) is 3. The number of carbonyl (C=O) groups excluding carboxylic acids is 3. The van der Waals surface area contributed by atoms with E-state index < -0.39 is 29.6 Å². The van der Waals surface area contributed by atoms with Crippen molar-refractivity contribution in [2.45, 2.75) is 44.4 Å². The molecule has 182 valence electrons. The van der Waals surface area contributed by atoms with Crippen LogP contribution in [0.3, 0.4) is 0 Å². The molecule has 35 heavy (non-hydrogen) atoms. The van der Waals surface area contributed by atoms with E-state index in [0.29, 0.717) is 6.41 Å². The number of nitrogens with zero attached hydrogens (tertiary/aromatic N) is 1. The number of primary amides is 1. The number of hydrogen-bond acceptors (Lipinski definition) is 4. The zero-order valence-electron chi connectivity index (χ0n) is 19.7. The maximum Gasteiger partial charge on any atom is 0.244 e. The van der Waals surface area contributed by atoms with Gasteiger partial charge < -0.3 is 31.7 Å². The molecule has 4 aromatic rings. The molecule has 0 aliphatic carbocycles. The van der Waals surface area contributed by atoms with Crippen molar-refractivity contribution in [1.29, 1.82) is 0 Å². The minimum absolute atomic E-state index is 0.159. The molecule has 2 atom stereocenters. The van der Waals surface area contributed by atoms with Crippen molar-refractivity contribution in [3.05, 3.63) is 72.1 Å². The zero-order valence-corrected chi connectivity index (χ0v) is 19.7. The molecule has 0 aliphatic rings. The Morgan fingerprint density at radius 2 is 1.49 bits per heavy atom. The highest BCUT2D eigenvalue weighted by molar-refractivity contribution is 5.92. The third kappa shape index (κ3) is 4.90. The van der Waals surface area contributed by atoms with Gasteiger partial charge in [-0.05, 0) is 37.1 Å². The number of aromatic amines is 2. The van der Waals surface area contributed by atoms with Gasteiger partial charge in [-0.1, -0.05) is 36.4 Å². The standard InChI is InChI=1S/C26H30N6O3/c1-26(2,28)25(35)32(22(24(27)34)11-16-13-29-20-9-5-3-7-18(16)20)23(31-15-33)12-17-14-30-21-10-6-4-8-19(17)21/h3-10,13-15,22-23,29-30H,11-12,28H2,1-2H3,(H2,27,34)(H,31,33)/t22-,23-/m1/s1. The van der Waals surface area contributed by atoms with Crippen molar-refractivity contribution in [3.63, 3.8) is 0 Å². The van der Waals surface area contributed by atoms with Crippen LogP contribution in [0.1, 0.15) is 25.0 Å². The van der Waals surface area contributed by atoms with Crippen LogP contribution in [-0.2, 0) is 27.2 Å². The number of H-pyrrole nitrogens is 2. The van der Waals surface area contributed by atoms with Crippen molar-refractivity contribution in [2.24, 2.45) is 11.5 Å². The Morgan fingerprint density at radius 3 is 1.97 bits per heavy atom. The molecule has 0 fully saturated rings. The second-order valence-electron chi connectivity index (χ2n) is 9.28. The molecule has 0 radical (unpaired) electrons. The van der Waals surface area contributed by atoms with Crippen LogP contribution < -0.4 is 16.8 Å². The van der Waals surface area contributed by atoms with Crippen LogP contribution in [0.25, 0.3) is 21.8 Å². The Kier molecular flexibility index (Phi) is 6.61. The Hall–Kier alpha value is -4.11. The highest BCUT2D eigenvalue weighted by atomic mass is 16.2. The number of benzene rings is 2. The molecule has 4 rings (SSSR count). The van der Waals surface area contributed by atoms with Crippen molar-refractivity contribution in [3.8, 4) is 0 Å². The minimum Gasteiger partial charge on any atom is -0.368 e. The lowest BCUT2D eigenvalue weighted by molar-refractivity contribution is -0.147. The second kappa shape index (κ2) is 9.63. The van der Waals surface area contributed by atoms with Gasteiger partial charge >= 0.3 is 0 Å². The zero-order chi connectivity index (χ0) is 25.2. The number of fused-ring (bicyclic) bond motifs is 2. The van der Waals surface area contributed by atoms with E-state index in [1.165, 1.54) is 4.90 Å². The van der Waals surface area contributed by atoms with Crippen molar-refractivity contribution >= 4 is 40.0 Å². The highest BCUT2D eigenvalue weighted by Gasteiger charge is 2.40. The number of aromatic nitrogens is 2. The Morgan fingerprint density at radius 1 is 0.971 bits per heavy atom. The van der Waals surface area contributed by atoms with Gasteiger partial charge in [-0.3, -0.25) is 14.4 Å². The Bertz CT molecular complexity index is 1370. The number of amides is 3. The van der Waals surface area contributed by atoms with E-state index in [4.69, 9.17) is 11.5 Å². The van der Waals surface area contributed by atoms with E-state index in [-0.39, 0.29) is 12.8 Å². The highest BCUT2D eigenvalue weighted by Crippen LogP contribution is 2.25. The third-order valence-electron chi connectivity index (χ3n) is 6.22. The molecule has 2 aromatic carbocycles. The van der Waals surface area contributed by atoms with Gasteiger partial charge in [0.25, 0.3) is 0 Å². The summed E-state index contributed by atoms with van der Waals surface area (Å²) < 4.78 is 0. The van der Waals surface area contributed by atoms with E-state index >= 15 is 0 Å². The van der Waals surface area contributed by atoms with Gasteiger partial charge in [0.05, 0.1) is 5.54 Å². The monoisotopic (exact) mass is 474 g/mol. The third-order valence-corrected chi connectivity index (χ3v) is 6.22. The fourth-order valence-electron chi connectivity index (χ4n) is 4.50. The summed E-state index contributed by atoms with van der Waals surface area (Å²) in [6.45, 7) is 3.13. The van der Waals surface area contributed by atoms with E-state index in [0.717, 1.165) is 32.9 Å². The van der Waals surface area contributed by atoms with Crippen LogP contribution >= 0.6 is 0 Å². The predicted octanol–water partition coefficient (Wildman–Crippen LogP) is 1.93. The summed E-state index contributed by atoms with van der Waals surface area (Å²) in [5, 5.41) is 4.61. The molecular formula is C26H30N6O3. The summed E-state index contributed by atoms with van der Waals surface area (Å²) in [7, 11) is 0. The van der Waals surface area contributed by atoms with Crippen LogP contribution in [0.4, 0.5) is 0 Å². The molecule has 2 aromatic heterocycles. The molecule has 3 amide bonds. The molecule has 2 heterocycles. The molecule has 0 unspecified atom stereocenters. The topological polar surface area (TPSA) is 150 Å². The average Bonchev–Trinajstić information content (AvgIpc) is 3.42. The largest absolute Gasteiger partial charge is 0.368 e. The van der Waals surface area contributed by atoms with Gasteiger partial charge in [0.1, 0.15) is 12.2 Å². The summed E-state index contributed by atoms with van der Waals surface area (Å²) in [5.41, 5.74) is 14.3. The molecule has 7 N–H and O–H groups in total. The SMILES string of the molecule is CC(C)(N)C(=O)N([C@H](Cc1c[nH]c2ccccc12)NC=O)[C@H](Cc1c[nH]c2ccccc12)C(N)=O. The van der Waals surface area contributed by atoms with Crippen molar-refractivity contribution < 1.29 is 14.4 Å². The maximum absolute atomic E-state index is 13.6. The van der Waals surface area contributed by atoms with Gasteiger partial charge in [0, 0.05) is 47.0 Å². The van der Waals surface area contributed by atoms with Crippen molar-refractivity contribution in [1.82, 2.24) is 20.2 Å². The van der Waals surface area contributed by atoms with Crippen molar-refractivity contribution in [2.75, 3.05) is 0 Å². The molecule has 0 saturated heterocycles. The fraction of sp³-hybridized carbons (Fsp3) is 0.269. The summed E-state index contributed by atoms with van der Waals surface area (Å²) in [5.74, 6) is -1.19. The quantitative estimate of drug-likeness (QED) is 0.176. The summed E-state index contributed by atoms with van der Waals surface area (Å²) >= 11 is 0. The number of hydrogen-bond donors (Lipinski definition) is 5. The van der Waals surface area contributed by atoms with E-state index in [2.05, 4.69) is 15.3 Å². The minimum atomic E-state index is -1.31. The van der Waals surface area contributed by atoms with E-state index in [1.54, 1.807) is 20.0 Å². The van der Waals surface area contributed by atoms with Crippen LogP contribution in [0.5, 0.6) is 0 Å². The lowest BCUT2D eigenvalue weighted by Crippen LogP contribution is -2.64. The lowest BCUT2D eigenvalue weighted by atomic mass is 9.97. The molecular weight excluding hydrogens is 444 g/mol. The van der Waals surface area contributed by atoms with E-state index in [1.807, 2.05) is 54.7 Å². The smallest absolute Gasteiger partial charge is 0.244 e. The Balaban J connectivity index is 1.77. The second-order valence-corrected chi connectivity index (χ2v) is 9.28. The predicted molar refractivity (Wildman–Crippen MR) is 135 cm³/mol. The molecule has 0 saturated carbocycles. The number of carbonyl (C=O) groups is 3. The van der Waals surface area contributed by atoms with Gasteiger partial charge in [-0.25, -0.2) is 0 Å². The first-order valence-electron chi connectivity index (χ1n) is 11.4. The normalized spacial score (nSPS) is 13.5. The molecule has 9 nitrogen and oxygen atoms in total. The van der Waals surface area contributed by atoms with Crippen LogP contribution in [-0.4, -0.2) is 50.8 Å². The van der Waals surface area contributed by atoms with Gasteiger partial charge in [-0.15, -0.1) is 0 Å². The lowest BCUT2D eigenvalue weighted by Gasteiger charge is -2.39. The Labute approximate surface area is 202 Å². The molecule has 0 spiro atoms. The average molecular weight is 475 g/mol. The number of para-hydroxylation sites is 2. The van der Waals surface area contributed by atoms with Gasteiger partial charge in [-0.2, -0.15) is 0 Å². The number of rotatable bonds is 10. The molecule has 0 bridgehead atoms. The molecule has 0 aliphatic heterocycles. The first-order chi connectivity index (χ1) is 16.7. The van der Waals surface area contributed by atoms with Crippen LogP contribution in [0.2, 0.25) is 0 Å². The summed E-state index contributed by atoms with van der Waals surface area (Å²) in [4.78, 5) is 45.8. The first kappa shape index (κ1) is 24.0. The fourth-order valence-corrected chi connectivity index (χ4v) is 4.50. The van der Waals surface area contributed by atoms with E-state index in [9.17, 15) is 14.4 Å². The van der Waals surface area contributed by atoms with Gasteiger partial charge in [0.15, 0.2) is 0 Å². The summed E-state index contributed by atoms with van der Waals surface area (Å²) in [6.07, 6.45) is 3.71. The summed E-state index contributed by atoms with van der Waals surface area (Å²) in [6, 6.07) is 14.4. The van der Waals surface area contributed by atoms with Gasteiger partial charge in [0.2, 0.25) is 18.2 Å². The van der Waals surface area contributed by atoms with Crippen LogP contribution in [0, 0.1) is 0 Å². The van der Waals surface area contributed by atoms with Crippen LogP contribution in [0.15, 0.2) is 60.9 Å². The number of nitrogens with two attached hydrogens (primary N) is 2. The molecule has 9 heteroatoms.